The molecule has 70 heavy (non-hydrogen) atoms. The van der Waals surface area contributed by atoms with Gasteiger partial charge in [-0.25, -0.2) is 4.98 Å². The van der Waals surface area contributed by atoms with Gasteiger partial charge in [-0.3, -0.25) is 4.57 Å². The molecule has 0 amide bonds. The Kier molecular flexibility index (Phi) is 4.92. The molecular weight excluding hydrogens is 887 g/mol. The molecule has 0 atom stereocenters. The molecular formula is C63H41N5SSi. The first-order valence-electron chi connectivity index (χ1n) is 35.4. The van der Waals surface area contributed by atoms with Crippen LogP contribution < -0.4 is 20.7 Å². The van der Waals surface area contributed by atoms with E-state index in [0.29, 0.717) is 25.6 Å². The van der Waals surface area contributed by atoms with Gasteiger partial charge in [-0.05, 0) is 63.0 Å². The van der Waals surface area contributed by atoms with Gasteiger partial charge in [-0.1, -0.05) is 206 Å². The number of para-hydroxylation sites is 5. The van der Waals surface area contributed by atoms with E-state index in [0.717, 1.165) is 20.5 Å². The third kappa shape index (κ3) is 6.12. The highest BCUT2D eigenvalue weighted by molar-refractivity contribution is 7.30. The zero-order valence-electron chi connectivity index (χ0n) is 63.6. The van der Waals surface area contributed by atoms with Crippen molar-refractivity contribution in [2.45, 2.75) is 0 Å². The van der Waals surface area contributed by atoms with Crippen LogP contribution in [0.2, 0.25) is 0 Å². The predicted octanol–water partition coefficient (Wildman–Crippen LogP) is 13.1. The zero-order valence-corrected chi connectivity index (χ0v) is 37.5. The summed E-state index contributed by atoms with van der Waals surface area (Å²) in [5, 5.41) is -0.427. The summed E-state index contributed by atoms with van der Waals surface area (Å²) < 4.78 is 263. The molecule has 5 nitrogen and oxygen atoms in total. The van der Waals surface area contributed by atoms with E-state index < -0.39 is 243 Å². The van der Waals surface area contributed by atoms with Crippen LogP contribution in [0.4, 0.5) is 0 Å². The lowest BCUT2D eigenvalue weighted by Gasteiger charge is -2.35. The standard InChI is InChI=1S/C63H41N5SSi/c1-3-22-43(23-4-1)70(44-24-5-2-6-25-44,59-40-20-33-51-50-31-12-18-39-58(50)69-60(51)59)45-26-19-21-42(41-45)61-64-62(66-63(65-61)68-55-36-15-9-29-48(55)49-30-10-16-37-56(49)68)52-32-11-17-38-57(52)67-53-34-13-7-27-46(53)47-28-8-14-35-54(47)67/h1-41H/i7D,8D,9D,10D,11D,12D,13D,14D,15D,16D,17D,18D,19D,21D,26D,27D,28D,29D,30D,31D,32D,34D,35D,36D,37D,38D,39D,41D. The number of hydrogen-bond donors (Lipinski definition) is 0. The third-order valence-electron chi connectivity index (χ3n) is 12.2. The molecule has 4 aromatic heterocycles. The highest BCUT2D eigenvalue weighted by atomic mass is 32.1. The Morgan fingerprint density at radius 1 is 0.400 bits per heavy atom. The van der Waals surface area contributed by atoms with Crippen molar-refractivity contribution in [1.82, 2.24) is 24.1 Å². The molecule has 0 aliphatic rings. The van der Waals surface area contributed by atoms with Crippen LogP contribution >= 0.6 is 11.3 Å². The normalized spacial score (nSPS) is 17.6. The summed E-state index contributed by atoms with van der Waals surface area (Å²) >= 11 is 1.03. The summed E-state index contributed by atoms with van der Waals surface area (Å²) in [6, 6.07) is -0.719. The molecule has 0 saturated heterocycles. The minimum atomic E-state index is -4.59. The SMILES string of the molecule is [2H]c1c([2H])c([2H])c(-n2c3c([2H])c([2H])c([2H])c([2H])c3c3c([2H])c([2H])c([2H])c([2H])c32)c(-c2nc(-c3c([2H])c([2H])c([2H])c([Si](c4ccccc4)(c4ccccc4)c4cccc5c4sc4c([2H])c([2H])c([2H])c([2H])c45)c3[2H])nc(-n3c4c([2H])c([2H])c([2H])c([2H])c4c4c([2H])c([2H])c([2H])c([2H])c43)n2)c1[2H]. The predicted molar refractivity (Wildman–Crippen MR) is 296 cm³/mol. The average molecular weight is 956 g/mol. The van der Waals surface area contributed by atoms with E-state index in [2.05, 4.69) is 0 Å². The fourth-order valence-corrected chi connectivity index (χ4v) is 15.5. The smallest absolute Gasteiger partial charge is 0.238 e. The molecule has 14 aromatic rings. The Hall–Kier alpha value is -8.75. The minimum absolute atomic E-state index is 0.173. The second-order valence-electron chi connectivity index (χ2n) is 15.8. The van der Waals surface area contributed by atoms with Crippen molar-refractivity contribution < 1.29 is 38.4 Å². The van der Waals surface area contributed by atoms with Crippen LogP contribution in [0.3, 0.4) is 0 Å². The quantitative estimate of drug-likeness (QED) is 0.113. The first-order chi connectivity index (χ1) is 46.4. The van der Waals surface area contributed by atoms with Gasteiger partial charge >= 0.3 is 0 Å². The molecule has 0 spiro atoms. The van der Waals surface area contributed by atoms with Crippen LogP contribution in [-0.4, -0.2) is 32.2 Å². The molecule has 0 bridgehead atoms. The lowest BCUT2D eigenvalue weighted by Crippen LogP contribution is -2.74. The molecule has 14 rings (SSSR count). The van der Waals surface area contributed by atoms with Crippen molar-refractivity contribution in [3.63, 3.8) is 0 Å². The number of nitrogens with zero attached hydrogens (tertiary/aromatic N) is 5. The summed E-state index contributed by atoms with van der Waals surface area (Å²) in [5.41, 5.74) is -4.93. The van der Waals surface area contributed by atoms with Gasteiger partial charge in [0.1, 0.15) is 0 Å². The minimum Gasteiger partial charge on any atom is -0.309 e. The van der Waals surface area contributed by atoms with Gasteiger partial charge in [-0.15, -0.1) is 11.3 Å². The van der Waals surface area contributed by atoms with Crippen LogP contribution in [0, 0.1) is 0 Å². The molecule has 7 heteroatoms. The number of thiophene rings is 1. The molecule has 10 aromatic carbocycles. The van der Waals surface area contributed by atoms with E-state index in [1.54, 1.807) is 78.9 Å². The number of rotatable bonds is 8. The molecule has 0 N–H and O–H groups in total. The summed E-state index contributed by atoms with van der Waals surface area (Å²) in [5.74, 6) is -2.73. The first kappa shape index (κ1) is 21.3. The first-order valence-corrected chi connectivity index (χ1v) is 24.2. The highest BCUT2D eigenvalue weighted by Gasteiger charge is 2.43. The molecule has 0 radical (unpaired) electrons. The molecule has 328 valence electrons. The molecule has 0 aliphatic heterocycles. The van der Waals surface area contributed by atoms with E-state index in [1.165, 1.54) is 0 Å². The van der Waals surface area contributed by atoms with Crippen LogP contribution in [0.25, 0.3) is 98.2 Å². The number of aromatic nitrogens is 5. The lowest BCUT2D eigenvalue weighted by atomic mass is 10.1. The van der Waals surface area contributed by atoms with Crippen molar-refractivity contribution in [2.75, 3.05) is 0 Å². The van der Waals surface area contributed by atoms with Crippen LogP contribution in [0.5, 0.6) is 0 Å². The topological polar surface area (TPSA) is 48.5 Å². The van der Waals surface area contributed by atoms with E-state index in [4.69, 9.17) is 30.0 Å². The summed E-state index contributed by atoms with van der Waals surface area (Å²) in [6.07, 6.45) is 0. The molecule has 0 aliphatic carbocycles. The largest absolute Gasteiger partial charge is 0.309 e. The monoisotopic (exact) mass is 955 g/mol. The number of fused-ring (bicyclic) bond motifs is 9. The maximum atomic E-state index is 10.9. The van der Waals surface area contributed by atoms with Gasteiger partial charge < -0.3 is 4.57 Å². The van der Waals surface area contributed by atoms with Crippen molar-refractivity contribution in [1.29, 1.82) is 0 Å². The zero-order chi connectivity index (χ0) is 70.5. The summed E-state index contributed by atoms with van der Waals surface area (Å²) in [7, 11) is -4.59. The number of hydrogen-bond acceptors (Lipinski definition) is 4. The Morgan fingerprint density at radius 2 is 0.929 bits per heavy atom. The summed E-state index contributed by atoms with van der Waals surface area (Å²) in [4.78, 5) is 14.5. The molecule has 0 fully saturated rings. The van der Waals surface area contributed by atoms with E-state index in [9.17, 15) is 23.3 Å². The maximum Gasteiger partial charge on any atom is 0.238 e. The number of benzene rings is 10. The van der Waals surface area contributed by atoms with Gasteiger partial charge in [-0.2, -0.15) is 9.97 Å². The second-order valence-corrected chi connectivity index (χ2v) is 20.5. The molecule has 0 unspecified atom stereocenters. The second kappa shape index (κ2) is 16.2. The van der Waals surface area contributed by atoms with Crippen molar-refractivity contribution in [2.24, 2.45) is 0 Å². The van der Waals surface area contributed by atoms with E-state index >= 15 is 0 Å². The Balaban J connectivity index is 1.22. The van der Waals surface area contributed by atoms with Crippen molar-refractivity contribution in [3.05, 3.63) is 248 Å². The van der Waals surface area contributed by atoms with Gasteiger partial charge in [0, 0.05) is 52.8 Å². The lowest BCUT2D eigenvalue weighted by molar-refractivity contribution is 0.952. The van der Waals surface area contributed by atoms with Gasteiger partial charge in [0.2, 0.25) is 5.95 Å². The third-order valence-corrected chi connectivity index (χ3v) is 18.1. The summed E-state index contributed by atoms with van der Waals surface area (Å²) in [6.45, 7) is 0. The Bertz CT molecular complexity index is 5810. The Labute approximate surface area is 448 Å². The Morgan fingerprint density at radius 3 is 1.56 bits per heavy atom. The van der Waals surface area contributed by atoms with Gasteiger partial charge in [0.25, 0.3) is 0 Å². The maximum absolute atomic E-state index is 10.9. The molecule has 4 heterocycles. The average Bonchev–Trinajstić information content (AvgIpc) is 1.41. The van der Waals surface area contributed by atoms with Crippen molar-refractivity contribution in [3.8, 4) is 34.4 Å². The van der Waals surface area contributed by atoms with Crippen LogP contribution in [-0.2, 0) is 0 Å². The van der Waals surface area contributed by atoms with Crippen molar-refractivity contribution >= 4 is 104 Å². The van der Waals surface area contributed by atoms with Crippen LogP contribution in [0.15, 0.2) is 248 Å². The highest BCUT2D eigenvalue weighted by Crippen LogP contribution is 2.38. The van der Waals surface area contributed by atoms with Crippen LogP contribution in [0.1, 0.15) is 38.4 Å². The van der Waals surface area contributed by atoms with E-state index in [1.807, 2.05) is 0 Å². The fraction of sp³-hybridized carbons (Fsp3) is 0. The van der Waals surface area contributed by atoms with Gasteiger partial charge in [0.15, 0.2) is 19.7 Å². The van der Waals surface area contributed by atoms with E-state index in [-0.39, 0.29) is 27.4 Å². The fourth-order valence-electron chi connectivity index (χ4n) is 9.32. The van der Waals surface area contributed by atoms with Gasteiger partial charge in [0.05, 0.1) is 66.1 Å². The molecule has 0 saturated carbocycles.